The van der Waals surface area contributed by atoms with Crippen LogP contribution in [-0.2, 0) is 0 Å². The molecule has 1 saturated heterocycles. The lowest BCUT2D eigenvalue weighted by atomic mass is 9.97. The zero-order valence-electron chi connectivity index (χ0n) is 12.1. The molecular formula is C16H23N3S. The van der Waals surface area contributed by atoms with Crippen LogP contribution in [-0.4, -0.2) is 30.6 Å². The van der Waals surface area contributed by atoms with Gasteiger partial charge in [-0.25, -0.2) is 0 Å². The molecule has 1 aromatic carbocycles. The molecule has 1 fully saturated rings. The van der Waals surface area contributed by atoms with Gasteiger partial charge < -0.3 is 10.2 Å². The van der Waals surface area contributed by atoms with Gasteiger partial charge in [0.15, 0.2) is 0 Å². The summed E-state index contributed by atoms with van der Waals surface area (Å²) in [6, 6.07) is 8.49. The van der Waals surface area contributed by atoms with E-state index in [0.717, 1.165) is 18.0 Å². The zero-order valence-corrected chi connectivity index (χ0v) is 13.0. The van der Waals surface area contributed by atoms with Crippen LogP contribution in [0.25, 0.3) is 10.9 Å². The van der Waals surface area contributed by atoms with Crippen molar-refractivity contribution in [1.82, 2.24) is 9.69 Å². The van der Waals surface area contributed by atoms with Crippen LogP contribution in [0, 0.1) is 5.92 Å². The Kier molecular flexibility index (Phi) is 4.53. The topological polar surface area (TPSA) is 28.2 Å². The maximum absolute atomic E-state index is 4.56. The van der Waals surface area contributed by atoms with Crippen LogP contribution in [0.15, 0.2) is 24.3 Å². The quantitative estimate of drug-likeness (QED) is 0.854. The van der Waals surface area contributed by atoms with Crippen LogP contribution >= 0.6 is 11.5 Å². The summed E-state index contributed by atoms with van der Waals surface area (Å²) in [7, 11) is 0. The van der Waals surface area contributed by atoms with Crippen LogP contribution in [0.2, 0.25) is 0 Å². The van der Waals surface area contributed by atoms with Gasteiger partial charge in [0.05, 0.1) is 5.52 Å². The lowest BCUT2D eigenvalue weighted by Crippen LogP contribution is -2.37. The third kappa shape index (κ3) is 2.96. The fourth-order valence-corrected chi connectivity index (χ4v) is 3.84. The summed E-state index contributed by atoms with van der Waals surface area (Å²) in [4.78, 5) is 2.52. The number of nitrogens with one attached hydrogen (secondary N) is 1. The van der Waals surface area contributed by atoms with Gasteiger partial charge in [-0.1, -0.05) is 19.1 Å². The highest BCUT2D eigenvalue weighted by Gasteiger charge is 2.21. The number of hydrogen-bond acceptors (Lipinski definition) is 4. The summed E-state index contributed by atoms with van der Waals surface area (Å²) >= 11 is 1.65. The Balaban J connectivity index is 1.60. The molecule has 1 aliphatic rings. The van der Waals surface area contributed by atoms with Gasteiger partial charge in [-0.05, 0) is 61.9 Å². The van der Waals surface area contributed by atoms with E-state index in [4.69, 9.17) is 0 Å². The Morgan fingerprint density at radius 2 is 2.10 bits per heavy atom. The first-order valence-corrected chi connectivity index (χ1v) is 8.46. The molecule has 0 unspecified atom stereocenters. The molecule has 0 saturated carbocycles. The number of benzene rings is 1. The van der Waals surface area contributed by atoms with Crippen molar-refractivity contribution in [3.8, 4) is 0 Å². The smallest absolute Gasteiger partial charge is 0.119 e. The fourth-order valence-electron chi connectivity index (χ4n) is 2.93. The number of rotatable bonds is 5. The van der Waals surface area contributed by atoms with Crippen molar-refractivity contribution in [3.63, 3.8) is 0 Å². The van der Waals surface area contributed by atoms with Crippen molar-refractivity contribution in [3.05, 3.63) is 24.3 Å². The Bertz CT molecular complexity index is 543. The minimum Gasteiger partial charge on any atom is -0.362 e. The molecule has 3 rings (SSSR count). The maximum atomic E-state index is 4.56. The zero-order chi connectivity index (χ0) is 13.8. The van der Waals surface area contributed by atoms with Crippen molar-refractivity contribution >= 4 is 27.4 Å². The van der Waals surface area contributed by atoms with E-state index in [-0.39, 0.29) is 0 Å². The Morgan fingerprint density at radius 3 is 2.90 bits per heavy atom. The molecule has 3 nitrogen and oxygen atoms in total. The highest BCUT2D eigenvalue weighted by atomic mass is 32.1. The summed E-state index contributed by atoms with van der Waals surface area (Å²) in [5.41, 5.74) is 1.14. The van der Waals surface area contributed by atoms with E-state index in [0.29, 0.717) is 0 Å². The van der Waals surface area contributed by atoms with Crippen molar-refractivity contribution in [2.75, 3.05) is 31.1 Å². The lowest BCUT2D eigenvalue weighted by molar-refractivity contribution is 0.384. The van der Waals surface area contributed by atoms with Gasteiger partial charge in [-0.15, -0.1) is 0 Å². The molecule has 20 heavy (non-hydrogen) atoms. The third-order valence-corrected chi connectivity index (χ3v) is 5.07. The molecule has 1 N–H and O–H groups in total. The molecule has 4 heteroatoms. The normalized spacial score (nSPS) is 16.9. The molecule has 0 radical (unpaired) electrons. The van der Waals surface area contributed by atoms with E-state index in [1.807, 2.05) is 0 Å². The monoisotopic (exact) mass is 289 g/mol. The molecule has 1 aliphatic heterocycles. The third-order valence-electron chi connectivity index (χ3n) is 4.13. The summed E-state index contributed by atoms with van der Waals surface area (Å²) in [5, 5.41) is 6.24. The molecule has 0 bridgehead atoms. The number of fused-ring (bicyclic) bond motifs is 1. The van der Waals surface area contributed by atoms with Gasteiger partial charge in [0.25, 0.3) is 0 Å². The second-order valence-electron chi connectivity index (χ2n) is 5.64. The average Bonchev–Trinajstić information content (AvgIpc) is 2.92. The second kappa shape index (κ2) is 6.55. The van der Waals surface area contributed by atoms with Crippen molar-refractivity contribution < 1.29 is 0 Å². The van der Waals surface area contributed by atoms with Crippen LogP contribution in [0.5, 0.6) is 0 Å². The van der Waals surface area contributed by atoms with E-state index in [1.165, 1.54) is 49.3 Å². The van der Waals surface area contributed by atoms with Crippen LogP contribution in [0.1, 0.15) is 26.2 Å². The van der Waals surface area contributed by atoms with Crippen molar-refractivity contribution in [2.45, 2.75) is 26.2 Å². The first-order valence-electron chi connectivity index (χ1n) is 7.68. The standard InChI is InChI=1S/C16H23N3S/c1-2-9-17-12-13-7-10-19(11-8-13)16-14-5-3-4-6-15(14)18-20-16/h3-6,13,17H,2,7-12H2,1H3. The number of piperidine rings is 1. The fraction of sp³-hybridized carbons (Fsp3) is 0.562. The molecule has 0 aliphatic carbocycles. The summed E-state index contributed by atoms with van der Waals surface area (Å²) in [6.45, 7) is 6.91. The van der Waals surface area contributed by atoms with Crippen LogP contribution in [0.4, 0.5) is 5.00 Å². The van der Waals surface area contributed by atoms with Gasteiger partial charge in [-0.2, -0.15) is 4.37 Å². The Morgan fingerprint density at radius 1 is 1.30 bits per heavy atom. The minimum atomic E-state index is 0.844. The highest BCUT2D eigenvalue weighted by Crippen LogP contribution is 2.33. The number of hydrogen-bond donors (Lipinski definition) is 1. The van der Waals surface area contributed by atoms with Gasteiger partial charge in [-0.3, -0.25) is 0 Å². The summed E-state index contributed by atoms with van der Waals surface area (Å²) in [5.74, 6) is 0.844. The second-order valence-corrected chi connectivity index (χ2v) is 6.39. The molecule has 108 valence electrons. The maximum Gasteiger partial charge on any atom is 0.119 e. The van der Waals surface area contributed by atoms with Gasteiger partial charge in [0.1, 0.15) is 5.00 Å². The predicted octanol–water partition coefficient (Wildman–Crippen LogP) is 3.51. The van der Waals surface area contributed by atoms with Crippen molar-refractivity contribution in [1.29, 1.82) is 0 Å². The Hall–Kier alpha value is -1.13. The minimum absolute atomic E-state index is 0.844. The largest absolute Gasteiger partial charge is 0.362 e. The molecule has 0 spiro atoms. The molecule has 2 aromatic rings. The van der Waals surface area contributed by atoms with E-state index in [2.05, 4.69) is 45.8 Å². The van der Waals surface area contributed by atoms with E-state index in [1.54, 1.807) is 11.5 Å². The summed E-state index contributed by atoms with van der Waals surface area (Å²) < 4.78 is 4.56. The molecule has 0 amide bonds. The summed E-state index contributed by atoms with van der Waals surface area (Å²) in [6.07, 6.45) is 3.82. The lowest BCUT2D eigenvalue weighted by Gasteiger charge is -2.32. The molecule has 2 heterocycles. The SMILES string of the molecule is CCCNCC1CCN(c2snc3ccccc23)CC1. The van der Waals surface area contributed by atoms with Gasteiger partial charge in [0.2, 0.25) is 0 Å². The molecular weight excluding hydrogens is 266 g/mol. The molecule has 0 atom stereocenters. The van der Waals surface area contributed by atoms with Gasteiger partial charge in [0, 0.05) is 18.5 Å². The average molecular weight is 289 g/mol. The highest BCUT2D eigenvalue weighted by molar-refractivity contribution is 7.11. The van der Waals surface area contributed by atoms with Crippen LogP contribution in [0.3, 0.4) is 0 Å². The van der Waals surface area contributed by atoms with Gasteiger partial charge >= 0.3 is 0 Å². The van der Waals surface area contributed by atoms with Crippen LogP contribution < -0.4 is 10.2 Å². The first-order chi connectivity index (χ1) is 9.88. The Labute approximate surface area is 125 Å². The molecule has 1 aromatic heterocycles. The number of aromatic nitrogens is 1. The first kappa shape index (κ1) is 13.8. The van der Waals surface area contributed by atoms with E-state index in [9.17, 15) is 0 Å². The number of anilines is 1. The van der Waals surface area contributed by atoms with Crippen molar-refractivity contribution in [2.24, 2.45) is 5.92 Å². The number of nitrogens with zero attached hydrogens (tertiary/aromatic N) is 2. The predicted molar refractivity (Wildman–Crippen MR) is 87.7 cm³/mol. The van der Waals surface area contributed by atoms with E-state index >= 15 is 0 Å². The van der Waals surface area contributed by atoms with E-state index < -0.39 is 0 Å².